The topological polar surface area (TPSA) is 149 Å². The Kier molecular flexibility index (Phi) is 38.0. The third-order valence-electron chi connectivity index (χ3n) is 6.75. The highest BCUT2D eigenvalue weighted by atomic mass is 19.1. The number of ether oxygens (including phenoxy) is 13. The number of esters is 1. The molecule has 1 aromatic rings. The zero-order valence-corrected chi connectivity index (χ0v) is 31.9. The van der Waals surface area contributed by atoms with E-state index in [9.17, 15) is 9.18 Å². The molecule has 0 radical (unpaired) electrons. The SMILES string of the molecule is CCCCNc1ccc(C(=O)OCCOCCOCCOCCOCCOCCOCCOCCOCCOCCOCCOCCOCCF)cc1. The Bertz CT molecular complexity index is 890. The molecular formula is C37H66FNO14. The molecule has 0 spiro atoms. The minimum absolute atomic E-state index is 0.108. The van der Waals surface area contributed by atoms with E-state index in [1.165, 1.54) is 0 Å². The van der Waals surface area contributed by atoms with Crippen molar-refractivity contribution in [1.82, 2.24) is 0 Å². The van der Waals surface area contributed by atoms with Crippen LogP contribution >= 0.6 is 0 Å². The van der Waals surface area contributed by atoms with Gasteiger partial charge < -0.3 is 66.9 Å². The maximum absolute atomic E-state index is 12.1. The van der Waals surface area contributed by atoms with Crippen LogP contribution in [-0.2, 0) is 61.6 Å². The lowest BCUT2D eigenvalue weighted by atomic mass is 10.2. The first-order valence-corrected chi connectivity index (χ1v) is 18.8. The third kappa shape index (κ3) is 35.4. The van der Waals surface area contributed by atoms with Crippen molar-refractivity contribution in [2.75, 3.05) is 184 Å². The van der Waals surface area contributed by atoms with Crippen LogP contribution in [0.25, 0.3) is 0 Å². The van der Waals surface area contributed by atoms with Gasteiger partial charge in [0.1, 0.15) is 13.3 Å². The van der Waals surface area contributed by atoms with Gasteiger partial charge in [-0.15, -0.1) is 0 Å². The highest BCUT2D eigenvalue weighted by Crippen LogP contribution is 2.11. The van der Waals surface area contributed by atoms with Crippen LogP contribution in [0.4, 0.5) is 10.1 Å². The van der Waals surface area contributed by atoms with E-state index < -0.39 is 6.67 Å². The molecule has 1 rings (SSSR count). The van der Waals surface area contributed by atoms with Crippen molar-refractivity contribution in [2.45, 2.75) is 19.8 Å². The molecule has 1 N–H and O–H groups in total. The molecular weight excluding hydrogens is 701 g/mol. The van der Waals surface area contributed by atoms with Crippen molar-refractivity contribution in [2.24, 2.45) is 0 Å². The molecule has 0 aliphatic heterocycles. The van der Waals surface area contributed by atoms with Crippen molar-refractivity contribution >= 4 is 11.7 Å². The molecule has 53 heavy (non-hydrogen) atoms. The van der Waals surface area contributed by atoms with Crippen LogP contribution in [0.5, 0.6) is 0 Å². The van der Waals surface area contributed by atoms with Crippen LogP contribution in [0.15, 0.2) is 24.3 Å². The molecule has 0 aromatic heterocycles. The quantitative estimate of drug-likeness (QED) is 0.0765. The highest BCUT2D eigenvalue weighted by Gasteiger charge is 2.07. The fourth-order valence-corrected chi connectivity index (χ4v) is 3.99. The number of nitrogens with one attached hydrogen (secondary N) is 1. The monoisotopic (exact) mass is 767 g/mol. The van der Waals surface area contributed by atoms with Crippen LogP contribution in [0.1, 0.15) is 30.1 Å². The molecule has 0 saturated heterocycles. The number of hydrogen-bond donors (Lipinski definition) is 1. The first-order chi connectivity index (χ1) is 26.3. The molecule has 0 saturated carbocycles. The molecule has 310 valence electrons. The first-order valence-electron chi connectivity index (χ1n) is 18.8. The molecule has 0 bridgehead atoms. The minimum Gasteiger partial charge on any atom is -0.460 e. The molecule has 0 fully saturated rings. The number of unbranched alkanes of at least 4 members (excludes halogenated alkanes) is 1. The van der Waals surface area contributed by atoms with Crippen LogP contribution in [0.2, 0.25) is 0 Å². The van der Waals surface area contributed by atoms with Gasteiger partial charge in [0.2, 0.25) is 0 Å². The molecule has 0 heterocycles. The smallest absolute Gasteiger partial charge is 0.338 e. The van der Waals surface area contributed by atoms with Gasteiger partial charge in [0.15, 0.2) is 0 Å². The molecule has 0 amide bonds. The number of halogens is 1. The van der Waals surface area contributed by atoms with Crippen LogP contribution in [0.3, 0.4) is 0 Å². The lowest BCUT2D eigenvalue weighted by Crippen LogP contribution is -2.16. The normalized spacial score (nSPS) is 11.4. The maximum Gasteiger partial charge on any atom is 0.338 e. The number of hydrogen-bond acceptors (Lipinski definition) is 15. The summed E-state index contributed by atoms with van der Waals surface area (Å²) in [6, 6.07) is 7.28. The summed E-state index contributed by atoms with van der Waals surface area (Å²) in [6.45, 7) is 13.5. The molecule has 15 nitrogen and oxygen atoms in total. The second-order valence-electron chi connectivity index (χ2n) is 11.0. The van der Waals surface area contributed by atoms with E-state index in [-0.39, 0.29) is 19.2 Å². The predicted molar refractivity (Wildman–Crippen MR) is 196 cm³/mol. The van der Waals surface area contributed by atoms with Crippen molar-refractivity contribution in [3.63, 3.8) is 0 Å². The van der Waals surface area contributed by atoms with E-state index in [1.54, 1.807) is 12.1 Å². The van der Waals surface area contributed by atoms with Gasteiger partial charge in [-0.05, 0) is 30.7 Å². The van der Waals surface area contributed by atoms with Gasteiger partial charge in [-0.3, -0.25) is 0 Å². The first kappa shape index (κ1) is 49.0. The number of rotatable bonds is 43. The highest BCUT2D eigenvalue weighted by molar-refractivity contribution is 5.89. The van der Waals surface area contributed by atoms with Gasteiger partial charge in [0, 0.05) is 12.2 Å². The lowest BCUT2D eigenvalue weighted by Gasteiger charge is -2.09. The Hall–Kier alpha value is -2.06. The maximum atomic E-state index is 12.1. The lowest BCUT2D eigenvalue weighted by molar-refractivity contribution is -0.0288. The van der Waals surface area contributed by atoms with Crippen molar-refractivity contribution < 1.29 is 70.8 Å². The second-order valence-corrected chi connectivity index (χ2v) is 11.0. The van der Waals surface area contributed by atoms with Gasteiger partial charge in [-0.25, -0.2) is 9.18 Å². The van der Waals surface area contributed by atoms with Gasteiger partial charge >= 0.3 is 5.97 Å². The predicted octanol–water partition coefficient (Wildman–Crippen LogP) is 3.22. The van der Waals surface area contributed by atoms with Crippen LogP contribution in [-0.4, -0.2) is 184 Å². The Balaban J connectivity index is 1.67. The molecule has 16 heteroatoms. The molecule has 0 aliphatic rings. The third-order valence-corrected chi connectivity index (χ3v) is 6.75. The second kappa shape index (κ2) is 41.1. The standard InChI is InChI=1S/C37H66FNO14/c1-2-3-9-39-36-6-4-35(5-7-36)37(40)53-34-33-52-32-31-51-30-29-50-28-27-49-26-25-48-24-23-47-22-21-46-20-19-45-18-17-44-16-15-43-14-13-42-12-11-41-10-8-38/h4-7,39H,2-3,8-34H2,1H3. The molecule has 0 atom stereocenters. The van der Waals surface area contributed by atoms with Gasteiger partial charge in [-0.2, -0.15) is 0 Å². The van der Waals surface area contributed by atoms with E-state index in [0.717, 1.165) is 25.1 Å². The summed E-state index contributed by atoms with van der Waals surface area (Å²) in [6.07, 6.45) is 2.24. The summed E-state index contributed by atoms with van der Waals surface area (Å²) in [5, 5.41) is 3.32. The number of carbonyl (C=O) groups excluding carboxylic acids is 1. The Morgan fingerprint density at radius 2 is 0.736 bits per heavy atom. The fourth-order valence-electron chi connectivity index (χ4n) is 3.99. The summed E-state index contributed by atoms with van der Waals surface area (Å²) in [5.74, 6) is -0.365. The molecule has 1 aromatic carbocycles. The van der Waals surface area contributed by atoms with Crippen molar-refractivity contribution in [1.29, 1.82) is 0 Å². The zero-order valence-electron chi connectivity index (χ0n) is 31.9. The van der Waals surface area contributed by atoms with E-state index in [1.807, 2.05) is 12.1 Å². The zero-order chi connectivity index (χ0) is 38.0. The molecule has 0 unspecified atom stereocenters. The summed E-state index contributed by atoms with van der Waals surface area (Å²) in [7, 11) is 0. The Morgan fingerprint density at radius 1 is 0.453 bits per heavy atom. The van der Waals surface area contributed by atoms with Crippen LogP contribution in [0, 0.1) is 0 Å². The van der Waals surface area contributed by atoms with Crippen molar-refractivity contribution in [3.8, 4) is 0 Å². The van der Waals surface area contributed by atoms with Crippen LogP contribution < -0.4 is 5.32 Å². The number of carbonyl (C=O) groups is 1. The summed E-state index contributed by atoms with van der Waals surface area (Å²) >= 11 is 0. The number of alkyl halides is 1. The summed E-state index contributed by atoms with van der Waals surface area (Å²) in [5.41, 5.74) is 1.51. The number of anilines is 1. The van der Waals surface area contributed by atoms with E-state index >= 15 is 0 Å². The van der Waals surface area contributed by atoms with E-state index in [0.29, 0.717) is 158 Å². The minimum atomic E-state index is -0.479. The van der Waals surface area contributed by atoms with E-state index in [4.69, 9.17) is 61.6 Å². The average Bonchev–Trinajstić information content (AvgIpc) is 3.17. The Labute approximate surface area is 315 Å². The van der Waals surface area contributed by atoms with Gasteiger partial charge in [0.25, 0.3) is 0 Å². The fraction of sp³-hybridized carbons (Fsp3) is 0.811. The molecule has 0 aliphatic carbocycles. The van der Waals surface area contributed by atoms with Crippen molar-refractivity contribution in [3.05, 3.63) is 29.8 Å². The number of benzene rings is 1. The largest absolute Gasteiger partial charge is 0.460 e. The Morgan fingerprint density at radius 3 is 1.02 bits per heavy atom. The van der Waals surface area contributed by atoms with Gasteiger partial charge in [-0.1, -0.05) is 13.3 Å². The summed E-state index contributed by atoms with van der Waals surface area (Å²) in [4.78, 5) is 12.1. The summed E-state index contributed by atoms with van der Waals surface area (Å²) < 4.78 is 81.9. The van der Waals surface area contributed by atoms with E-state index in [2.05, 4.69) is 12.2 Å². The average molecular weight is 768 g/mol. The van der Waals surface area contributed by atoms with Gasteiger partial charge in [0.05, 0.1) is 164 Å².